The molecule has 22 heavy (non-hydrogen) atoms. The van der Waals surface area contributed by atoms with Crippen LogP contribution < -0.4 is 15.4 Å². The van der Waals surface area contributed by atoms with Crippen LogP contribution in [0.25, 0.3) is 0 Å². The molecule has 0 atom stereocenters. The van der Waals surface area contributed by atoms with Gasteiger partial charge in [0, 0.05) is 30.8 Å². The fraction of sp³-hybridized carbons (Fsp3) is 0.278. The van der Waals surface area contributed by atoms with Crippen LogP contribution in [-0.2, 0) is 0 Å². The molecule has 0 radical (unpaired) electrons. The molecular weight excluding hydrogens is 276 g/mol. The number of benzene rings is 2. The summed E-state index contributed by atoms with van der Waals surface area (Å²) in [4.78, 5) is 14.5. The molecular formula is C18H22N2O2. The van der Waals surface area contributed by atoms with Gasteiger partial charge < -0.3 is 15.4 Å². The van der Waals surface area contributed by atoms with Gasteiger partial charge >= 0.3 is 0 Å². The van der Waals surface area contributed by atoms with Gasteiger partial charge in [-0.2, -0.15) is 0 Å². The van der Waals surface area contributed by atoms with Crippen LogP contribution in [0.1, 0.15) is 23.7 Å². The minimum atomic E-state index is 0.0868. The Bertz CT molecular complexity index is 626. The second-order valence-corrected chi connectivity index (χ2v) is 5.05. The highest BCUT2D eigenvalue weighted by atomic mass is 16.5. The Morgan fingerprint density at radius 1 is 1.18 bits per heavy atom. The molecule has 4 heteroatoms. The zero-order valence-corrected chi connectivity index (χ0v) is 13.1. The van der Waals surface area contributed by atoms with E-state index in [-0.39, 0.29) is 5.78 Å². The summed E-state index contributed by atoms with van der Waals surface area (Å²) in [5.41, 5.74) is 8.10. The van der Waals surface area contributed by atoms with Crippen molar-refractivity contribution in [2.45, 2.75) is 13.3 Å². The van der Waals surface area contributed by atoms with Gasteiger partial charge in [-0.1, -0.05) is 18.2 Å². The van der Waals surface area contributed by atoms with Gasteiger partial charge in [-0.25, -0.2) is 0 Å². The van der Waals surface area contributed by atoms with Crippen LogP contribution in [-0.4, -0.2) is 26.0 Å². The Hall–Kier alpha value is -2.49. The fourth-order valence-corrected chi connectivity index (χ4v) is 2.40. The summed E-state index contributed by atoms with van der Waals surface area (Å²) in [5, 5.41) is 0. The summed E-state index contributed by atoms with van der Waals surface area (Å²) in [6.07, 6.45) is 0.453. The minimum Gasteiger partial charge on any atom is -0.495 e. The van der Waals surface area contributed by atoms with Crippen molar-refractivity contribution in [3.63, 3.8) is 0 Å². The highest BCUT2D eigenvalue weighted by Gasteiger charge is 2.11. The summed E-state index contributed by atoms with van der Waals surface area (Å²) >= 11 is 0. The number of para-hydroxylation sites is 1. The van der Waals surface area contributed by atoms with E-state index in [1.54, 1.807) is 25.3 Å². The Balaban J connectivity index is 2.01. The molecule has 0 unspecified atom stereocenters. The first-order valence-corrected chi connectivity index (χ1v) is 7.42. The van der Waals surface area contributed by atoms with Crippen LogP contribution >= 0.6 is 0 Å². The van der Waals surface area contributed by atoms with Crippen molar-refractivity contribution in [2.24, 2.45) is 0 Å². The van der Waals surface area contributed by atoms with E-state index in [0.717, 1.165) is 12.2 Å². The van der Waals surface area contributed by atoms with Crippen LogP contribution in [0, 0.1) is 0 Å². The molecule has 2 aromatic rings. The molecule has 0 amide bonds. The SMILES string of the molecule is CCN(CCC(=O)c1ccc(OC)c(N)c1)c1ccccc1. The number of Topliss-reactive ketones (excluding diaryl/α,β-unsaturated/α-hetero) is 1. The second-order valence-electron chi connectivity index (χ2n) is 5.05. The third kappa shape index (κ3) is 3.79. The number of carbonyl (C=O) groups excluding carboxylic acids is 1. The number of anilines is 2. The average Bonchev–Trinajstić information content (AvgIpc) is 2.56. The molecule has 116 valence electrons. The van der Waals surface area contributed by atoms with Gasteiger partial charge in [0.25, 0.3) is 0 Å². The lowest BCUT2D eigenvalue weighted by Gasteiger charge is -2.22. The van der Waals surface area contributed by atoms with Crippen molar-refractivity contribution in [1.29, 1.82) is 0 Å². The third-order valence-corrected chi connectivity index (χ3v) is 3.66. The Morgan fingerprint density at radius 2 is 1.91 bits per heavy atom. The van der Waals surface area contributed by atoms with Crippen LogP contribution in [0.4, 0.5) is 11.4 Å². The number of hydrogen-bond donors (Lipinski definition) is 1. The van der Waals surface area contributed by atoms with Crippen molar-refractivity contribution in [1.82, 2.24) is 0 Å². The standard InChI is InChI=1S/C18H22N2O2/c1-3-20(15-7-5-4-6-8-15)12-11-17(21)14-9-10-18(22-2)16(19)13-14/h4-10,13H,3,11-12,19H2,1-2H3. The van der Waals surface area contributed by atoms with Crippen molar-refractivity contribution >= 4 is 17.2 Å². The van der Waals surface area contributed by atoms with Crippen LogP contribution in [0.15, 0.2) is 48.5 Å². The van der Waals surface area contributed by atoms with E-state index in [9.17, 15) is 4.79 Å². The Labute approximate surface area is 131 Å². The highest BCUT2D eigenvalue weighted by Crippen LogP contribution is 2.23. The van der Waals surface area contributed by atoms with Gasteiger partial charge in [0.15, 0.2) is 5.78 Å². The molecule has 0 saturated carbocycles. The zero-order chi connectivity index (χ0) is 15.9. The van der Waals surface area contributed by atoms with Crippen LogP contribution in [0.5, 0.6) is 5.75 Å². The van der Waals surface area contributed by atoms with E-state index in [2.05, 4.69) is 24.0 Å². The molecule has 0 fully saturated rings. The van der Waals surface area contributed by atoms with E-state index < -0.39 is 0 Å². The molecule has 0 aliphatic heterocycles. The van der Waals surface area contributed by atoms with Gasteiger partial charge in [-0.05, 0) is 37.3 Å². The van der Waals surface area contributed by atoms with Crippen molar-refractivity contribution < 1.29 is 9.53 Å². The highest BCUT2D eigenvalue weighted by molar-refractivity contribution is 5.97. The van der Waals surface area contributed by atoms with Gasteiger partial charge in [-0.15, -0.1) is 0 Å². The molecule has 2 aromatic carbocycles. The van der Waals surface area contributed by atoms with Crippen LogP contribution in [0.3, 0.4) is 0 Å². The first-order chi connectivity index (χ1) is 10.7. The van der Waals surface area contributed by atoms with Gasteiger partial charge in [-0.3, -0.25) is 4.79 Å². The lowest BCUT2D eigenvalue weighted by molar-refractivity contribution is 0.0984. The van der Waals surface area contributed by atoms with Crippen molar-refractivity contribution in [3.05, 3.63) is 54.1 Å². The Kier molecular flexibility index (Phi) is 5.42. The van der Waals surface area contributed by atoms with E-state index in [4.69, 9.17) is 10.5 Å². The predicted octanol–water partition coefficient (Wildman–Crippen LogP) is 3.38. The monoisotopic (exact) mass is 298 g/mol. The van der Waals surface area contributed by atoms with Gasteiger partial charge in [0.2, 0.25) is 0 Å². The summed E-state index contributed by atoms with van der Waals surface area (Å²) in [7, 11) is 1.56. The number of ether oxygens (including phenoxy) is 1. The molecule has 0 aromatic heterocycles. The summed E-state index contributed by atoms with van der Waals surface area (Å²) in [6, 6.07) is 15.3. The van der Waals surface area contributed by atoms with E-state index in [1.807, 2.05) is 18.2 Å². The summed E-state index contributed by atoms with van der Waals surface area (Å²) in [5.74, 6) is 0.680. The number of rotatable bonds is 7. The molecule has 0 aliphatic carbocycles. The van der Waals surface area contributed by atoms with Crippen molar-refractivity contribution in [3.8, 4) is 5.75 Å². The van der Waals surface area contributed by atoms with Crippen molar-refractivity contribution in [2.75, 3.05) is 30.8 Å². The lowest BCUT2D eigenvalue weighted by Crippen LogP contribution is -2.25. The second kappa shape index (κ2) is 7.50. The summed E-state index contributed by atoms with van der Waals surface area (Å²) < 4.78 is 5.11. The number of nitrogens with zero attached hydrogens (tertiary/aromatic N) is 1. The number of methoxy groups -OCH3 is 1. The fourth-order valence-electron chi connectivity index (χ4n) is 2.40. The smallest absolute Gasteiger partial charge is 0.164 e. The van der Waals surface area contributed by atoms with E-state index in [0.29, 0.717) is 30.0 Å². The van der Waals surface area contributed by atoms with Gasteiger partial charge in [0.1, 0.15) is 5.75 Å². The maximum absolute atomic E-state index is 12.3. The molecule has 2 rings (SSSR count). The number of ketones is 1. The molecule has 0 bridgehead atoms. The first-order valence-electron chi connectivity index (χ1n) is 7.42. The normalized spacial score (nSPS) is 10.3. The molecule has 4 nitrogen and oxygen atoms in total. The minimum absolute atomic E-state index is 0.0868. The maximum Gasteiger partial charge on any atom is 0.164 e. The van der Waals surface area contributed by atoms with E-state index >= 15 is 0 Å². The quantitative estimate of drug-likeness (QED) is 0.629. The Morgan fingerprint density at radius 3 is 2.50 bits per heavy atom. The zero-order valence-electron chi connectivity index (χ0n) is 13.1. The molecule has 0 heterocycles. The molecule has 0 aliphatic rings. The summed E-state index contributed by atoms with van der Waals surface area (Å²) in [6.45, 7) is 3.64. The third-order valence-electron chi connectivity index (χ3n) is 3.66. The first kappa shape index (κ1) is 15.9. The predicted molar refractivity (Wildman–Crippen MR) is 90.7 cm³/mol. The molecule has 0 saturated heterocycles. The number of nitrogen functional groups attached to an aromatic ring is 1. The maximum atomic E-state index is 12.3. The lowest BCUT2D eigenvalue weighted by atomic mass is 10.1. The topological polar surface area (TPSA) is 55.6 Å². The van der Waals surface area contributed by atoms with Crippen LogP contribution in [0.2, 0.25) is 0 Å². The number of nitrogens with two attached hydrogens (primary N) is 1. The molecule has 2 N–H and O–H groups in total. The molecule has 0 spiro atoms. The van der Waals surface area contributed by atoms with E-state index in [1.165, 1.54) is 0 Å². The number of hydrogen-bond acceptors (Lipinski definition) is 4. The number of carbonyl (C=O) groups is 1. The van der Waals surface area contributed by atoms with Gasteiger partial charge in [0.05, 0.1) is 12.8 Å². The average molecular weight is 298 g/mol. The largest absolute Gasteiger partial charge is 0.495 e.